The molecule has 5 heteroatoms. The Bertz CT molecular complexity index is 567. The van der Waals surface area contributed by atoms with Crippen LogP contribution < -0.4 is 5.32 Å². The molecule has 0 radical (unpaired) electrons. The number of carboxylic acids is 1. The van der Waals surface area contributed by atoms with Crippen molar-refractivity contribution in [3.05, 3.63) is 42.0 Å². The molecule has 5 nitrogen and oxygen atoms in total. The smallest absolute Gasteiger partial charge is 0.313 e. The van der Waals surface area contributed by atoms with Gasteiger partial charge in [0.2, 0.25) is 5.91 Å². The first kappa shape index (κ1) is 16.2. The number of nitrogens with one attached hydrogen (secondary N) is 1. The summed E-state index contributed by atoms with van der Waals surface area (Å²) in [5, 5.41) is 11.9. The summed E-state index contributed by atoms with van der Waals surface area (Å²) in [6.07, 6.45) is 5.90. The van der Waals surface area contributed by atoms with E-state index in [0.29, 0.717) is 11.3 Å². The second-order valence-electron chi connectivity index (χ2n) is 5.93. The first-order valence-corrected chi connectivity index (χ1v) is 7.30. The molecule has 1 aromatic rings. The largest absolute Gasteiger partial charge is 0.481 e. The number of hydrogen-bond donors (Lipinski definition) is 2. The number of ether oxygens (including phenoxy) is 1. The number of aliphatic carboxylic acids is 1. The molecular formula is C17H21NO4. The Morgan fingerprint density at radius 1 is 1.23 bits per heavy atom. The molecule has 2 N–H and O–H groups in total. The second kappa shape index (κ2) is 6.75. The third-order valence-corrected chi connectivity index (χ3v) is 3.84. The van der Waals surface area contributed by atoms with E-state index in [9.17, 15) is 14.7 Å². The monoisotopic (exact) mass is 303 g/mol. The van der Waals surface area contributed by atoms with Crippen LogP contribution in [0.25, 0.3) is 0 Å². The topological polar surface area (TPSA) is 75.6 Å². The average molecular weight is 303 g/mol. The van der Waals surface area contributed by atoms with Gasteiger partial charge in [-0.3, -0.25) is 9.59 Å². The van der Waals surface area contributed by atoms with Crippen LogP contribution in [0, 0.1) is 0 Å². The fraction of sp³-hybridized carbons (Fsp3) is 0.412. The fourth-order valence-electron chi connectivity index (χ4n) is 2.21. The summed E-state index contributed by atoms with van der Waals surface area (Å²) in [4.78, 5) is 23.0. The molecule has 0 fully saturated rings. The molecule has 1 aromatic carbocycles. The van der Waals surface area contributed by atoms with Crippen molar-refractivity contribution in [1.82, 2.24) is 0 Å². The zero-order chi connectivity index (χ0) is 16.2. The number of carbonyl (C=O) groups excluding carboxylic acids is 1. The molecule has 0 aromatic heterocycles. The predicted octanol–water partition coefficient (Wildman–Crippen LogP) is 2.72. The quantitative estimate of drug-likeness (QED) is 0.792. The van der Waals surface area contributed by atoms with Gasteiger partial charge in [-0.25, -0.2) is 0 Å². The predicted molar refractivity (Wildman–Crippen MR) is 83.8 cm³/mol. The third-order valence-electron chi connectivity index (χ3n) is 3.84. The standard InChI is InChI=1S/C17H21NO4/c1-17(2,16(20)21)12-7-9-13(10-8-12)18-15(19)11-22-14-5-3-4-6-14/h3-4,7-10,14H,5-6,11H2,1-2H3,(H,18,19)(H,20,21). The van der Waals surface area contributed by atoms with Gasteiger partial charge < -0.3 is 15.2 Å². The SMILES string of the molecule is CC(C)(C(=O)O)c1ccc(NC(=O)COC2CC=CC2)cc1. The second-order valence-corrected chi connectivity index (χ2v) is 5.93. The van der Waals surface area contributed by atoms with Crippen LogP contribution in [0.2, 0.25) is 0 Å². The van der Waals surface area contributed by atoms with Crippen molar-refractivity contribution in [2.45, 2.75) is 38.2 Å². The Kier molecular flexibility index (Phi) is 4.98. The van der Waals surface area contributed by atoms with Gasteiger partial charge in [0.1, 0.15) is 6.61 Å². The van der Waals surface area contributed by atoms with Gasteiger partial charge in [0.25, 0.3) is 0 Å². The lowest BCUT2D eigenvalue weighted by atomic mass is 9.85. The van der Waals surface area contributed by atoms with Crippen LogP contribution in [-0.2, 0) is 19.7 Å². The molecule has 1 aliphatic carbocycles. The van der Waals surface area contributed by atoms with Gasteiger partial charge in [0.15, 0.2) is 0 Å². The average Bonchev–Trinajstić information content (AvgIpc) is 2.99. The number of anilines is 1. The number of amides is 1. The highest BCUT2D eigenvalue weighted by atomic mass is 16.5. The number of hydrogen-bond acceptors (Lipinski definition) is 3. The summed E-state index contributed by atoms with van der Waals surface area (Å²) >= 11 is 0. The zero-order valence-corrected chi connectivity index (χ0v) is 12.8. The highest BCUT2D eigenvalue weighted by Crippen LogP contribution is 2.24. The van der Waals surface area contributed by atoms with Crippen molar-refractivity contribution < 1.29 is 19.4 Å². The van der Waals surface area contributed by atoms with Gasteiger partial charge >= 0.3 is 5.97 Å². The molecule has 0 saturated carbocycles. The minimum absolute atomic E-state index is 0.0225. The minimum Gasteiger partial charge on any atom is -0.481 e. The van der Waals surface area contributed by atoms with E-state index in [-0.39, 0.29) is 18.6 Å². The maximum atomic E-state index is 11.8. The number of carboxylic acid groups (broad SMARTS) is 1. The molecule has 0 atom stereocenters. The summed E-state index contributed by atoms with van der Waals surface area (Å²) in [7, 11) is 0. The lowest BCUT2D eigenvalue weighted by molar-refractivity contribution is -0.142. The van der Waals surface area contributed by atoms with Crippen molar-refractivity contribution in [3.63, 3.8) is 0 Å². The van der Waals surface area contributed by atoms with Crippen molar-refractivity contribution in [3.8, 4) is 0 Å². The molecule has 118 valence electrons. The minimum atomic E-state index is -0.957. The van der Waals surface area contributed by atoms with Gasteiger partial charge in [-0.1, -0.05) is 24.3 Å². The van der Waals surface area contributed by atoms with Crippen LogP contribution in [0.4, 0.5) is 5.69 Å². The lowest BCUT2D eigenvalue weighted by Gasteiger charge is -2.20. The van der Waals surface area contributed by atoms with E-state index in [1.54, 1.807) is 38.1 Å². The van der Waals surface area contributed by atoms with E-state index < -0.39 is 11.4 Å². The molecule has 0 bridgehead atoms. The molecule has 0 aliphatic heterocycles. The molecule has 0 heterocycles. The van der Waals surface area contributed by atoms with Crippen LogP contribution in [0.1, 0.15) is 32.3 Å². The van der Waals surface area contributed by atoms with Crippen LogP contribution >= 0.6 is 0 Å². The van der Waals surface area contributed by atoms with Gasteiger partial charge in [0, 0.05) is 5.69 Å². The van der Waals surface area contributed by atoms with Crippen LogP contribution in [0.3, 0.4) is 0 Å². The van der Waals surface area contributed by atoms with Crippen LogP contribution in [-0.4, -0.2) is 29.7 Å². The molecule has 0 unspecified atom stereocenters. The molecule has 1 amide bonds. The Labute approximate surface area is 130 Å². The molecule has 22 heavy (non-hydrogen) atoms. The van der Waals surface area contributed by atoms with Crippen molar-refractivity contribution in [2.75, 3.05) is 11.9 Å². The first-order valence-electron chi connectivity index (χ1n) is 7.30. The highest BCUT2D eigenvalue weighted by Gasteiger charge is 2.29. The Morgan fingerprint density at radius 2 is 1.82 bits per heavy atom. The fourth-order valence-corrected chi connectivity index (χ4v) is 2.21. The summed E-state index contributed by atoms with van der Waals surface area (Å²) < 4.78 is 5.49. The normalized spacial score (nSPS) is 15.0. The summed E-state index contributed by atoms with van der Waals surface area (Å²) in [5.41, 5.74) is 0.357. The van der Waals surface area contributed by atoms with E-state index in [1.165, 1.54) is 0 Å². The van der Waals surface area contributed by atoms with Gasteiger partial charge in [-0.15, -0.1) is 0 Å². The molecule has 0 saturated heterocycles. The molecule has 2 rings (SSSR count). The van der Waals surface area contributed by atoms with Gasteiger partial charge in [0.05, 0.1) is 11.5 Å². The van der Waals surface area contributed by atoms with Crippen molar-refractivity contribution >= 4 is 17.6 Å². The van der Waals surface area contributed by atoms with E-state index in [2.05, 4.69) is 5.32 Å². The number of carbonyl (C=O) groups is 2. The van der Waals surface area contributed by atoms with E-state index in [4.69, 9.17) is 4.74 Å². The van der Waals surface area contributed by atoms with Crippen LogP contribution in [0.15, 0.2) is 36.4 Å². The molecule has 0 spiro atoms. The maximum Gasteiger partial charge on any atom is 0.313 e. The Morgan fingerprint density at radius 3 is 2.36 bits per heavy atom. The zero-order valence-electron chi connectivity index (χ0n) is 12.8. The van der Waals surface area contributed by atoms with Crippen LogP contribution in [0.5, 0.6) is 0 Å². The third kappa shape index (κ3) is 3.95. The molecule has 1 aliphatic rings. The summed E-state index contributed by atoms with van der Waals surface area (Å²) in [6, 6.07) is 6.83. The maximum absolute atomic E-state index is 11.8. The Hall–Kier alpha value is -2.14. The number of rotatable bonds is 6. The van der Waals surface area contributed by atoms with Gasteiger partial charge in [-0.2, -0.15) is 0 Å². The van der Waals surface area contributed by atoms with E-state index in [1.807, 2.05) is 12.2 Å². The van der Waals surface area contributed by atoms with Gasteiger partial charge in [-0.05, 0) is 44.4 Å². The highest BCUT2D eigenvalue weighted by molar-refractivity contribution is 5.91. The van der Waals surface area contributed by atoms with E-state index >= 15 is 0 Å². The molecular weight excluding hydrogens is 282 g/mol. The Balaban J connectivity index is 1.88. The van der Waals surface area contributed by atoms with E-state index in [0.717, 1.165) is 12.8 Å². The van der Waals surface area contributed by atoms with Crippen molar-refractivity contribution in [1.29, 1.82) is 0 Å². The first-order chi connectivity index (χ1) is 10.4. The lowest BCUT2D eigenvalue weighted by Crippen LogP contribution is -2.28. The summed E-state index contributed by atoms with van der Waals surface area (Å²) in [6.45, 7) is 3.31. The summed E-state index contributed by atoms with van der Waals surface area (Å²) in [5.74, 6) is -1.10. The van der Waals surface area contributed by atoms with Crippen molar-refractivity contribution in [2.24, 2.45) is 0 Å². The number of benzene rings is 1.